The molecule has 130 valence electrons. The second-order valence-corrected chi connectivity index (χ2v) is 5.30. The zero-order valence-electron chi connectivity index (χ0n) is 13.5. The van der Waals surface area contributed by atoms with Crippen LogP contribution in [0.5, 0.6) is 5.75 Å². The van der Waals surface area contributed by atoms with Gasteiger partial charge in [0.1, 0.15) is 11.6 Å². The Balaban J connectivity index is 0.00000288. The first-order chi connectivity index (χ1) is 11.1. The lowest BCUT2D eigenvalue weighted by atomic mass is 10.2. The molecule has 7 heteroatoms. The number of ether oxygens (including phenoxy) is 1. The zero-order valence-corrected chi connectivity index (χ0v) is 16.6. The van der Waals surface area contributed by atoms with Crippen molar-refractivity contribution < 1.29 is 9.13 Å². The number of guanidine groups is 1. The minimum atomic E-state index is -0.244. The number of methoxy groups -OCH3 is 1. The second kappa shape index (κ2) is 10.4. The van der Waals surface area contributed by atoms with Gasteiger partial charge in [-0.1, -0.05) is 29.8 Å². The Kier molecular flexibility index (Phi) is 8.84. The van der Waals surface area contributed by atoms with E-state index in [1.807, 2.05) is 12.1 Å². The summed E-state index contributed by atoms with van der Waals surface area (Å²) in [5, 5.41) is 7.01. The van der Waals surface area contributed by atoms with Gasteiger partial charge in [-0.3, -0.25) is 4.99 Å². The first-order valence-corrected chi connectivity index (χ1v) is 7.51. The summed E-state index contributed by atoms with van der Waals surface area (Å²) in [5.74, 6) is 1.12. The third-order valence-corrected chi connectivity index (χ3v) is 3.53. The summed E-state index contributed by atoms with van der Waals surface area (Å²) in [4.78, 5) is 4.16. The second-order valence-electron chi connectivity index (χ2n) is 4.86. The molecule has 24 heavy (non-hydrogen) atoms. The number of benzene rings is 2. The largest absolute Gasteiger partial charge is 0.496 e. The van der Waals surface area contributed by atoms with Crippen LogP contribution in [-0.4, -0.2) is 20.1 Å². The van der Waals surface area contributed by atoms with Gasteiger partial charge >= 0.3 is 0 Å². The first-order valence-electron chi connectivity index (χ1n) is 7.13. The highest BCUT2D eigenvalue weighted by atomic mass is 127. The van der Waals surface area contributed by atoms with Crippen LogP contribution in [0.4, 0.5) is 4.39 Å². The Labute approximate surface area is 163 Å². The summed E-state index contributed by atoms with van der Waals surface area (Å²) in [6.07, 6.45) is 0. The molecule has 0 saturated carbocycles. The first kappa shape index (κ1) is 20.5. The lowest BCUT2D eigenvalue weighted by Gasteiger charge is -2.14. The predicted molar refractivity (Wildman–Crippen MR) is 107 cm³/mol. The number of hydrogen-bond donors (Lipinski definition) is 2. The van der Waals surface area contributed by atoms with Gasteiger partial charge in [0, 0.05) is 30.7 Å². The fourth-order valence-electron chi connectivity index (χ4n) is 2.05. The number of aliphatic imine (C=N–C) groups is 1. The van der Waals surface area contributed by atoms with Crippen LogP contribution in [0.2, 0.25) is 5.02 Å². The van der Waals surface area contributed by atoms with Crippen molar-refractivity contribution in [1.29, 1.82) is 0 Å². The molecule has 2 rings (SSSR count). The van der Waals surface area contributed by atoms with Crippen molar-refractivity contribution in [2.75, 3.05) is 14.2 Å². The summed E-state index contributed by atoms with van der Waals surface area (Å²) in [5.41, 5.74) is 1.94. The van der Waals surface area contributed by atoms with Crippen molar-refractivity contribution in [1.82, 2.24) is 10.6 Å². The topological polar surface area (TPSA) is 45.7 Å². The van der Waals surface area contributed by atoms with Crippen molar-refractivity contribution in [2.24, 2.45) is 4.99 Å². The average molecular weight is 464 g/mol. The average Bonchev–Trinajstić information content (AvgIpc) is 2.57. The van der Waals surface area contributed by atoms with Gasteiger partial charge < -0.3 is 15.4 Å². The molecule has 0 aliphatic rings. The van der Waals surface area contributed by atoms with Crippen LogP contribution in [0.3, 0.4) is 0 Å². The minimum absolute atomic E-state index is 0. The van der Waals surface area contributed by atoms with E-state index in [1.165, 1.54) is 12.1 Å². The third kappa shape index (κ3) is 6.16. The fraction of sp³-hybridized carbons (Fsp3) is 0.235. The molecule has 2 N–H and O–H groups in total. The normalized spacial score (nSPS) is 10.8. The molecule has 0 aliphatic heterocycles. The molecule has 4 nitrogen and oxygen atoms in total. The molecule has 2 aromatic carbocycles. The van der Waals surface area contributed by atoms with Crippen LogP contribution < -0.4 is 15.4 Å². The van der Waals surface area contributed by atoms with Crippen molar-refractivity contribution >= 4 is 41.5 Å². The van der Waals surface area contributed by atoms with Gasteiger partial charge in [-0.05, 0) is 29.8 Å². The van der Waals surface area contributed by atoms with E-state index in [2.05, 4.69) is 15.6 Å². The quantitative estimate of drug-likeness (QED) is 0.401. The fourth-order valence-corrected chi connectivity index (χ4v) is 2.21. The Morgan fingerprint density at radius 2 is 1.79 bits per heavy atom. The molecular formula is C17H20ClFIN3O. The maximum atomic E-state index is 12.9. The summed E-state index contributed by atoms with van der Waals surface area (Å²) >= 11 is 5.95. The lowest BCUT2D eigenvalue weighted by molar-refractivity contribution is 0.409. The van der Waals surface area contributed by atoms with Crippen molar-refractivity contribution in [3.63, 3.8) is 0 Å². The monoisotopic (exact) mass is 463 g/mol. The number of nitrogens with one attached hydrogen (secondary N) is 2. The molecule has 0 amide bonds. The molecular weight excluding hydrogens is 444 g/mol. The number of hydrogen-bond acceptors (Lipinski definition) is 2. The molecule has 0 fully saturated rings. The van der Waals surface area contributed by atoms with E-state index in [9.17, 15) is 4.39 Å². The van der Waals surface area contributed by atoms with Gasteiger partial charge in [-0.25, -0.2) is 4.39 Å². The van der Waals surface area contributed by atoms with Gasteiger partial charge in [-0.2, -0.15) is 0 Å². The Morgan fingerprint density at radius 3 is 2.42 bits per heavy atom. The van der Waals surface area contributed by atoms with Crippen LogP contribution in [0, 0.1) is 5.82 Å². The summed E-state index contributed by atoms with van der Waals surface area (Å²) < 4.78 is 18.2. The summed E-state index contributed by atoms with van der Waals surface area (Å²) in [7, 11) is 3.30. The minimum Gasteiger partial charge on any atom is -0.496 e. The van der Waals surface area contributed by atoms with E-state index in [4.69, 9.17) is 16.3 Å². The third-order valence-electron chi connectivity index (χ3n) is 3.29. The van der Waals surface area contributed by atoms with Gasteiger partial charge in [0.15, 0.2) is 5.96 Å². The van der Waals surface area contributed by atoms with Crippen molar-refractivity contribution in [3.05, 3.63) is 64.4 Å². The predicted octanol–water partition coefficient (Wildman–Crippen LogP) is 3.97. The molecule has 0 aromatic heterocycles. The molecule has 0 unspecified atom stereocenters. The van der Waals surface area contributed by atoms with Crippen LogP contribution >= 0.6 is 35.6 Å². The van der Waals surface area contributed by atoms with Crippen LogP contribution in [0.25, 0.3) is 0 Å². The maximum Gasteiger partial charge on any atom is 0.191 e. The lowest BCUT2D eigenvalue weighted by Crippen LogP contribution is -2.36. The van der Waals surface area contributed by atoms with Crippen molar-refractivity contribution in [3.8, 4) is 5.75 Å². The van der Waals surface area contributed by atoms with Gasteiger partial charge in [0.2, 0.25) is 0 Å². The molecule has 0 bridgehead atoms. The van der Waals surface area contributed by atoms with Gasteiger partial charge in [0.05, 0.1) is 7.11 Å². The zero-order chi connectivity index (χ0) is 16.7. The van der Waals surface area contributed by atoms with Crippen molar-refractivity contribution in [2.45, 2.75) is 13.1 Å². The summed E-state index contributed by atoms with van der Waals surface area (Å²) in [6, 6.07) is 11.8. The number of nitrogens with zero attached hydrogens (tertiary/aromatic N) is 1. The molecule has 0 heterocycles. The van der Waals surface area contributed by atoms with Crippen LogP contribution in [-0.2, 0) is 13.1 Å². The highest BCUT2D eigenvalue weighted by Crippen LogP contribution is 2.22. The standard InChI is InChI=1S/C17H19ClFN3O.HI/c1-20-17(21-10-12-3-7-15(19)8-4-12)22-11-13-5-6-14(18)9-16(13)23-2;/h3-9H,10-11H2,1-2H3,(H2,20,21,22);1H. The van der Waals surface area contributed by atoms with E-state index in [0.29, 0.717) is 24.1 Å². The molecule has 0 atom stereocenters. The Hall–Kier alpha value is -1.54. The van der Waals surface area contributed by atoms with Crippen LogP contribution in [0.1, 0.15) is 11.1 Å². The highest BCUT2D eigenvalue weighted by molar-refractivity contribution is 14.0. The number of rotatable bonds is 5. The highest BCUT2D eigenvalue weighted by Gasteiger charge is 2.05. The smallest absolute Gasteiger partial charge is 0.191 e. The van der Waals surface area contributed by atoms with E-state index in [0.717, 1.165) is 16.9 Å². The molecule has 2 aromatic rings. The molecule has 0 aliphatic carbocycles. The Bertz CT molecular complexity index is 680. The van der Waals surface area contributed by atoms with E-state index in [-0.39, 0.29) is 29.8 Å². The summed E-state index contributed by atoms with van der Waals surface area (Å²) in [6.45, 7) is 1.10. The maximum absolute atomic E-state index is 12.9. The number of halogens is 3. The Morgan fingerprint density at radius 1 is 1.12 bits per heavy atom. The molecule has 0 saturated heterocycles. The van der Waals surface area contributed by atoms with Gasteiger partial charge in [0.25, 0.3) is 0 Å². The van der Waals surface area contributed by atoms with E-state index >= 15 is 0 Å². The van der Waals surface area contributed by atoms with E-state index < -0.39 is 0 Å². The molecule has 0 spiro atoms. The molecule has 0 radical (unpaired) electrons. The SMILES string of the molecule is CN=C(NCc1ccc(F)cc1)NCc1ccc(Cl)cc1OC.I. The van der Waals surface area contributed by atoms with E-state index in [1.54, 1.807) is 32.4 Å². The van der Waals surface area contributed by atoms with Gasteiger partial charge in [-0.15, -0.1) is 24.0 Å². The van der Waals surface area contributed by atoms with Crippen LogP contribution in [0.15, 0.2) is 47.5 Å².